The van der Waals surface area contributed by atoms with E-state index in [1.165, 1.54) is 37.4 Å². The minimum Gasteiger partial charge on any atom is -0.480 e. The SMILES string of the molecule is CC[C@@H](Nc1cc(F)c(C(=O)N[C@@H](Cc2ccc(-c3c(C)c(C(F)(F)F)cn(C)c3=O)c3ncccc23)C(=O)O)c(F)c1)C(F)(F)F. The van der Waals surface area contributed by atoms with Gasteiger partial charge in [-0.15, -0.1) is 0 Å². The Balaban J connectivity index is 1.69. The fourth-order valence-electron chi connectivity index (χ4n) is 5.18. The van der Waals surface area contributed by atoms with Crippen molar-refractivity contribution in [1.29, 1.82) is 0 Å². The van der Waals surface area contributed by atoms with Crippen LogP contribution in [0.5, 0.6) is 0 Å². The number of carboxylic acid groups (broad SMARTS) is 1. The van der Waals surface area contributed by atoms with Crippen molar-refractivity contribution in [3.8, 4) is 11.1 Å². The van der Waals surface area contributed by atoms with Crippen LogP contribution in [0.2, 0.25) is 0 Å². The summed E-state index contributed by atoms with van der Waals surface area (Å²) < 4.78 is 111. The Morgan fingerprint density at radius 2 is 1.68 bits per heavy atom. The molecule has 0 unspecified atom stereocenters. The highest BCUT2D eigenvalue weighted by Gasteiger charge is 2.39. The molecule has 0 aliphatic heterocycles. The number of aryl methyl sites for hydroxylation is 1. The number of amides is 1. The number of nitrogens with zero attached hydrogens (tertiary/aromatic N) is 2. The molecule has 0 fully saturated rings. The maximum Gasteiger partial charge on any atom is 0.418 e. The number of anilines is 1. The largest absolute Gasteiger partial charge is 0.480 e. The molecule has 8 nitrogen and oxygen atoms in total. The predicted molar refractivity (Wildman–Crippen MR) is 155 cm³/mol. The number of halogens is 8. The second-order valence-electron chi connectivity index (χ2n) is 10.7. The molecule has 2 aromatic carbocycles. The Labute approximate surface area is 261 Å². The van der Waals surface area contributed by atoms with E-state index in [2.05, 4.69) is 4.98 Å². The van der Waals surface area contributed by atoms with E-state index in [0.29, 0.717) is 18.3 Å². The van der Waals surface area contributed by atoms with Crippen LogP contribution in [0.1, 0.15) is 40.4 Å². The number of rotatable bonds is 9. The van der Waals surface area contributed by atoms with Gasteiger partial charge < -0.3 is 20.3 Å². The molecule has 2 atom stereocenters. The number of aromatic nitrogens is 2. The van der Waals surface area contributed by atoms with E-state index in [0.717, 1.165) is 18.5 Å². The maximum absolute atomic E-state index is 14.8. The number of fused-ring (bicyclic) bond motifs is 1. The van der Waals surface area contributed by atoms with Crippen LogP contribution >= 0.6 is 0 Å². The molecule has 0 saturated heterocycles. The number of aliphatic carboxylic acids is 1. The lowest BCUT2D eigenvalue weighted by atomic mass is 9.92. The van der Waals surface area contributed by atoms with Crippen molar-refractivity contribution in [3.05, 3.63) is 93.0 Å². The average Bonchev–Trinajstić information content (AvgIpc) is 2.96. The van der Waals surface area contributed by atoms with E-state index in [-0.39, 0.29) is 33.2 Å². The molecular weight excluding hydrogens is 644 g/mol. The highest BCUT2D eigenvalue weighted by molar-refractivity contribution is 5.99. The number of hydrogen-bond donors (Lipinski definition) is 3. The van der Waals surface area contributed by atoms with Gasteiger partial charge in [0.2, 0.25) is 0 Å². The molecule has 47 heavy (non-hydrogen) atoms. The van der Waals surface area contributed by atoms with Crippen molar-refractivity contribution in [2.24, 2.45) is 7.05 Å². The van der Waals surface area contributed by atoms with Gasteiger partial charge in [-0.2, -0.15) is 26.3 Å². The molecule has 4 aromatic rings. The molecule has 250 valence electrons. The summed E-state index contributed by atoms with van der Waals surface area (Å²) in [6.07, 6.45) is -8.50. The van der Waals surface area contributed by atoms with Gasteiger partial charge in [-0.1, -0.05) is 25.1 Å². The first-order chi connectivity index (χ1) is 21.8. The number of pyridine rings is 2. The normalized spacial score (nSPS) is 13.3. The summed E-state index contributed by atoms with van der Waals surface area (Å²) in [5, 5.41) is 14.0. The summed E-state index contributed by atoms with van der Waals surface area (Å²) in [4.78, 5) is 42.3. The lowest BCUT2D eigenvalue weighted by Crippen LogP contribution is -2.43. The number of hydrogen-bond acceptors (Lipinski definition) is 5. The summed E-state index contributed by atoms with van der Waals surface area (Å²) in [5.74, 6) is -6.24. The number of benzene rings is 2. The molecule has 0 radical (unpaired) electrons. The molecule has 0 aliphatic carbocycles. The van der Waals surface area contributed by atoms with E-state index in [1.807, 2.05) is 10.6 Å². The minimum atomic E-state index is -4.78. The maximum atomic E-state index is 14.8. The Hall–Kier alpha value is -5.02. The highest BCUT2D eigenvalue weighted by Crippen LogP contribution is 2.37. The zero-order valence-electron chi connectivity index (χ0n) is 24.8. The lowest BCUT2D eigenvalue weighted by Gasteiger charge is -2.22. The van der Waals surface area contributed by atoms with Crippen molar-refractivity contribution in [2.75, 3.05) is 5.32 Å². The summed E-state index contributed by atoms with van der Waals surface area (Å²) in [5.41, 5.74) is -4.01. The smallest absolute Gasteiger partial charge is 0.418 e. The van der Waals surface area contributed by atoms with Gasteiger partial charge in [-0.3, -0.25) is 14.6 Å². The van der Waals surface area contributed by atoms with Gasteiger partial charge in [-0.05, 0) is 42.7 Å². The van der Waals surface area contributed by atoms with Crippen LogP contribution in [0.25, 0.3) is 22.0 Å². The summed E-state index contributed by atoms with van der Waals surface area (Å²) >= 11 is 0. The third-order valence-corrected chi connectivity index (χ3v) is 7.51. The molecule has 0 saturated carbocycles. The molecular formula is C31H26F8N4O4. The van der Waals surface area contributed by atoms with E-state index in [4.69, 9.17) is 0 Å². The first-order valence-electron chi connectivity index (χ1n) is 13.8. The van der Waals surface area contributed by atoms with E-state index in [1.54, 1.807) is 0 Å². The van der Waals surface area contributed by atoms with Crippen LogP contribution < -0.4 is 16.2 Å². The van der Waals surface area contributed by atoms with Crippen molar-refractivity contribution in [2.45, 2.75) is 51.1 Å². The molecule has 4 rings (SSSR count). The fourth-order valence-corrected chi connectivity index (χ4v) is 5.18. The Morgan fingerprint density at radius 3 is 2.23 bits per heavy atom. The first kappa shape index (κ1) is 34.8. The third-order valence-electron chi connectivity index (χ3n) is 7.51. The summed E-state index contributed by atoms with van der Waals surface area (Å²) in [6.45, 7) is 2.34. The van der Waals surface area contributed by atoms with E-state index in [9.17, 15) is 54.6 Å². The van der Waals surface area contributed by atoms with Gasteiger partial charge in [-0.25, -0.2) is 13.6 Å². The number of nitrogens with one attached hydrogen (secondary N) is 2. The van der Waals surface area contributed by atoms with Gasteiger partial charge in [0, 0.05) is 42.5 Å². The molecule has 0 bridgehead atoms. The van der Waals surface area contributed by atoms with Gasteiger partial charge >= 0.3 is 18.3 Å². The Bertz CT molecular complexity index is 1900. The third kappa shape index (κ3) is 7.20. The van der Waals surface area contributed by atoms with Crippen molar-refractivity contribution in [1.82, 2.24) is 14.9 Å². The fraction of sp³-hybridized carbons (Fsp3) is 0.290. The number of carbonyl (C=O) groups is 2. The highest BCUT2D eigenvalue weighted by atomic mass is 19.4. The van der Waals surface area contributed by atoms with Crippen molar-refractivity contribution in [3.63, 3.8) is 0 Å². The first-order valence-corrected chi connectivity index (χ1v) is 13.8. The topological polar surface area (TPSA) is 113 Å². The molecule has 0 spiro atoms. The molecule has 16 heteroatoms. The number of alkyl halides is 6. The monoisotopic (exact) mass is 670 g/mol. The van der Waals surface area contributed by atoms with Crippen LogP contribution in [-0.4, -0.2) is 44.8 Å². The molecule has 1 amide bonds. The molecule has 2 heterocycles. The average molecular weight is 671 g/mol. The summed E-state index contributed by atoms with van der Waals surface area (Å²) in [6, 6.07) is 2.52. The standard InChI is InChI=1S/C31H26F8N4O4/c1-4-23(31(37,38)39)41-16-11-20(32)25(21(33)12-16)27(44)42-22(29(46)47)10-15-7-8-18(26-17(15)6-5-9-40-26)24-14(2)19(30(34,35)36)13-43(3)28(24)45/h5-9,11-13,22-23,41H,4,10H2,1-3H3,(H,42,44)(H,46,47)/t22-,23+/m0/s1. The Morgan fingerprint density at radius 1 is 1.04 bits per heavy atom. The van der Waals surface area contributed by atoms with E-state index >= 15 is 0 Å². The molecule has 0 aliphatic rings. The molecule has 3 N–H and O–H groups in total. The number of carbonyl (C=O) groups excluding carboxylic acids is 1. The van der Waals surface area contributed by atoms with Gasteiger partial charge in [0.05, 0.1) is 16.6 Å². The van der Waals surface area contributed by atoms with Crippen molar-refractivity contribution >= 4 is 28.5 Å². The van der Waals surface area contributed by atoms with Crippen LogP contribution in [0.3, 0.4) is 0 Å². The second kappa shape index (κ2) is 13.0. The van der Waals surface area contributed by atoms with Crippen LogP contribution in [0.4, 0.5) is 40.8 Å². The van der Waals surface area contributed by atoms with Crippen LogP contribution in [0, 0.1) is 18.6 Å². The van der Waals surface area contributed by atoms with Crippen molar-refractivity contribution < 1.29 is 49.8 Å². The van der Waals surface area contributed by atoms with Gasteiger partial charge in [0.15, 0.2) is 0 Å². The zero-order valence-corrected chi connectivity index (χ0v) is 24.8. The Kier molecular flexibility index (Phi) is 9.64. The minimum absolute atomic E-state index is 0.0261. The van der Waals surface area contributed by atoms with Gasteiger partial charge in [0.25, 0.3) is 11.5 Å². The van der Waals surface area contributed by atoms with Gasteiger partial charge in [0.1, 0.15) is 29.3 Å². The quantitative estimate of drug-likeness (QED) is 0.178. The van der Waals surface area contributed by atoms with Crippen LogP contribution in [0.15, 0.2) is 53.6 Å². The number of carboxylic acids is 1. The molecule has 2 aromatic heterocycles. The zero-order chi connectivity index (χ0) is 35.0. The second-order valence-corrected chi connectivity index (χ2v) is 10.7. The predicted octanol–water partition coefficient (Wildman–Crippen LogP) is 6.38. The lowest BCUT2D eigenvalue weighted by molar-refractivity contribution is -0.143. The summed E-state index contributed by atoms with van der Waals surface area (Å²) in [7, 11) is 1.16. The van der Waals surface area contributed by atoms with Crippen LogP contribution in [-0.2, 0) is 24.4 Å². The van der Waals surface area contributed by atoms with E-state index < -0.39 is 83.2 Å².